The fraction of sp³-hybridized carbons (Fsp3) is 0.355. The number of methoxy groups -OCH3 is 2. The lowest BCUT2D eigenvalue weighted by Crippen LogP contribution is -2.49. The number of hydrogen-bond donors (Lipinski definition) is 4. The van der Waals surface area contributed by atoms with E-state index in [2.05, 4.69) is 20.9 Å². The summed E-state index contributed by atoms with van der Waals surface area (Å²) >= 11 is 6.26. The van der Waals surface area contributed by atoms with Gasteiger partial charge in [-0.2, -0.15) is 0 Å². The Morgan fingerprint density at radius 1 is 1.16 bits per heavy atom. The number of benzene rings is 2. The standard InChI is InChI=1S/C31H33ClFN5O5/c1-30(2,3)13-22-31(17-14-35-23(43-5)12-20(17)37-29(31)41)24(16-7-6-8-18(32)25(16)33)26(38-22)28(40)36-19-10-9-15(27(34)39)11-21(19)42-4/h6-12,14,22,24,26,38H,13H2,1-5H3,(H2,34,39)(H,36,40)(H,37,41)/t22-,24-,26+,31+/m0/s1. The van der Waals surface area contributed by atoms with Crippen LogP contribution in [0.15, 0.2) is 48.7 Å². The Morgan fingerprint density at radius 2 is 1.91 bits per heavy atom. The predicted octanol–water partition coefficient (Wildman–Crippen LogP) is 4.38. The minimum absolute atomic E-state index is 0.103. The van der Waals surface area contributed by atoms with Crippen LogP contribution in [0.1, 0.15) is 54.6 Å². The molecule has 0 aliphatic carbocycles. The SMILES string of the molecule is COc1cc2c(cn1)[C@@]1(C(=O)N2)[C@H](CC(C)(C)C)N[C@@H](C(=O)Nc2ccc(C(N)=O)cc2OC)[C@@H]1c1cccc(Cl)c1F. The maximum Gasteiger partial charge on any atom is 0.248 e. The zero-order chi connectivity index (χ0) is 31.3. The van der Waals surface area contributed by atoms with Crippen LogP contribution in [0.4, 0.5) is 15.8 Å². The van der Waals surface area contributed by atoms with Crippen molar-refractivity contribution in [3.63, 3.8) is 0 Å². The van der Waals surface area contributed by atoms with Crippen LogP contribution in [0.2, 0.25) is 5.02 Å². The van der Waals surface area contributed by atoms with Gasteiger partial charge >= 0.3 is 0 Å². The monoisotopic (exact) mass is 609 g/mol. The number of carbonyl (C=O) groups excluding carboxylic acids is 3. The maximum atomic E-state index is 16.0. The molecule has 2 aromatic carbocycles. The van der Waals surface area contributed by atoms with Crippen LogP contribution in [-0.2, 0) is 15.0 Å². The van der Waals surface area contributed by atoms with Crippen LogP contribution >= 0.6 is 11.6 Å². The molecule has 12 heteroatoms. The molecule has 3 heterocycles. The summed E-state index contributed by atoms with van der Waals surface area (Å²) in [5.74, 6) is -2.89. The van der Waals surface area contributed by atoms with Crippen LogP contribution < -0.4 is 31.2 Å². The Labute approximate surface area is 253 Å². The zero-order valence-corrected chi connectivity index (χ0v) is 25.1. The summed E-state index contributed by atoms with van der Waals surface area (Å²) in [7, 11) is 2.86. The third kappa shape index (κ3) is 5.16. The number of halogens is 2. The lowest BCUT2D eigenvalue weighted by Gasteiger charge is -2.37. The van der Waals surface area contributed by atoms with Crippen LogP contribution in [0.5, 0.6) is 11.6 Å². The molecule has 43 heavy (non-hydrogen) atoms. The number of amides is 3. The molecule has 1 saturated heterocycles. The van der Waals surface area contributed by atoms with Gasteiger partial charge in [-0.15, -0.1) is 0 Å². The van der Waals surface area contributed by atoms with Gasteiger partial charge in [0, 0.05) is 35.3 Å². The van der Waals surface area contributed by atoms with Gasteiger partial charge in [0.25, 0.3) is 0 Å². The molecule has 226 valence electrons. The number of anilines is 2. The fourth-order valence-corrected chi connectivity index (χ4v) is 6.49. The van der Waals surface area contributed by atoms with Crippen molar-refractivity contribution >= 4 is 40.7 Å². The maximum absolute atomic E-state index is 16.0. The molecule has 2 aliphatic heterocycles. The first kappa shape index (κ1) is 30.2. The number of nitrogens with two attached hydrogens (primary N) is 1. The average molecular weight is 610 g/mol. The minimum atomic E-state index is -1.45. The van der Waals surface area contributed by atoms with E-state index >= 15 is 4.39 Å². The van der Waals surface area contributed by atoms with Crippen molar-refractivity contribution in [3.05, 3.63) is 76.2 Å². The smallest absolute Gasteiger partial charge is 0.248 e. The van der Waals surface area contributed by atoms with Crippen LogP contribution in [-0.4, -0.2) is 49.0 Å². The highest BCUT2D eigenvalue weighted by Crippen LogP contribution is 2.57. The summed E-state index contributed by atoms with van der Waals surface area (Å²) in [5, 5.41) is 9.07. The van der Waals surface area contributed by atoms with E-state index in [-0.39, 0.29) is 33.0 Å². The molecule has 1 aromatic heterocycles. The van der Waals surface area contributed by atoms with E-state index in [1.54, 1.807) is 24.4 Å². The number of nitrogens with zero attached hydrogens (tertiary/aromatic N) is 1. The number of hydrogen-bond acceptors (Lipinski definition) is 7. The van der Waals surface area contributed by atoms with Gasteiger partial charge in [-0.3, -0.25) is 14.4 Å². The molecule has 1 spiro atoms. The number of carbonyl (C=O) groups is 3. The van der Waals surface area contributed by atoms with Gasteiger partial charge in [0.05, 0.1) is 36.7 Å². The van der Waals surface area contributed by atoms with Crippen molar-refractivity contribution in [3.8, 4) is 11.6 Å². The molecule has 1 fully saturated rings. The molecule has 0 saturated carbocycles. The molecule has 0 unspecified atom stereocenters. The quantitative estimate of drug-likeness (QED) is 0.311. The molecular weight excluding hydrogens is 577 g/mol. The second-order valence-electron chi connectivity index (χ2n) is 11.9. The predicted molar refractivity (Wildman–Crippen MR) is 160 cm³/mol. The summed E-state index contributed by atoms with van der Waals surface area (Å²) in [4.78, 5) is 44.6. The number of nitrogens with one attached hydrogen (secondary N) is 3. The van der Waals surface area contributed by atoms with Crippen LogP contribution in [0, 0.1) is 11.2 Å². The first-order chi connectivity index (χ1) is 20.3. The van der Waals surface area contributed by atoms with E-state index in [0.717, 1.165) is 0 Å². The largest absolute Gasteiger partial charge is 0.495 e. The van der Waals surface area contributed by atoms with E-state index in [4.69, 9.17) is 26.8 Å². The van der Waals surface area contributed by atoms with E-state index in [9.17, 15) is 14.4 Å². The molecule has 3 aromatic rings. The van der Waals surface area contributed by atoms with Gasteiger partial charge in [0.2, 0.25) is 23.6 Å². The second-order valence-corrected chi connectivity index (χ2v) is 12.4. The Kier molecular flexibility index (Phi) is 7.82. The fourth-order valence-electron chi connectivity index (χ4n) is 6.31. The Hall–Kier alpha value is -4.22. The van der Waals surface area contributed by atoms with Gasteiger partial charge in [0.1, 0.15) is 17.0 Å². The molecule has 0 radical (unpaired) electrons. The number of aromatic nitrogens is 1. The van der Waals surface area contributed by atoms with Crippen LogP contribution in [0.25, 0.3) is 0 Å². The molecule has 0 bridgehead atoms. The molecule has 5 rings (SSSR count). The molecule has 5 N–H and O–H groups in total. The summed E-state index contributed by atoms with van der Waals surface area (Å²) in [6.07, 6.45) is 2.00. The van der Waals surface area contributed by atoms with Crippen molar-refractivity contribution in [2.24, 2.45) is 11.1 Å². The lowest BCUT2D eigenvalue weighted by atomic mass is 9.62. The molecule has 3 amide bonds. The highest BCUT2D eigenvalue weighted by atomic mass is 35.5. The summed E-state index contributed by atoms with van der Waals surface area (Å²) < 4.78 is 26.7. The molecule has 4 atom stereocenters. The first-order valence-corrected chi connectivity index (χ1v) is 14.0. The lowest BCUT2D eigenvalue weighted by molar-refractivity contribution is -0.122. The number of fused-ring (bicyclic) bond motifs is 2. The second kappa shape index (κ2) is 11.1. The third-order valence-electron chi connectivity index (χ3n) is 8.07. The van der Waals surface area contributed by atoms with Crippen LogP contribution in [0.3, 0.4) is 0 Å². The van der Waals surface area contributed by atoms with Crippen molar-refractivity contribution in [1.82, 2.24) is 10.3 Å². The van der Waals surface area contributed by atoms with Crippen molar-refractivity contribution < 1.29 is 28.2 Å². The first-order valence-electron chi connectivity index (χ1n) is 13.7. The van der Waals surface area contributed by atoms with Crippen molar-refractivity contribution in [2.75, 3.05) is 24.9 Å². The Balaban J connectivity index is 1.71. The number of primary amides is 1. The van der Waals surface area contributed by atoms with Crippen molar-refractivity contribution in [2.45, 2.75) is 50.6 Å². The van der Waals surface area contributed by atoms with E-state index < -0.39 is 47.0 Å². The topological polar surface area (TPSA) is 145 Å². The molecule has 2 aliphatic rings. The highest BCUT2D eigenvalue weighted by molar-refractivity contribution is 6.30. The van der Waals surface area contributed by atoms with Gasteiger partial charge in [-0.05, 0) is 41.7 Å². The third-order valence-corrected chi connectivity index (χ3v) is 8.36. The Morgan fingerprint density at radius 3 is 2.56 bits per heavy atom. The molecular formula is C31H33ClFN5O5. The zero-order valence-electron chi connectivity index (χ0n) is 24.4. The normalized spacial score (nSPS) is 22.7. The van der Waals surface area contributed by atoms with Gasteiger partial charge in [-0.1, -0.05) is 44.5 Å². The summed E-state index contributed by atoms with van der Waals surface area (Å²) in [6, 6.07) is 8.79. The Bertz CT molecular complexity index is 1630. The molecule has 10 nitrogen and oxygen atoms in total. The average Bonchev–Trinajstić information content (AvgIpc) is 3.43. The van der Waals surface area contributed by atoms with E-state index in [1.807, 2.05) is 20.8 Å². The van der Waals surface area contributed by atoms with E-state index in [0.29, 0.717) is 23.6 Å². The van der Waals surface area contributed by atoms with E-state index in [1.165, 1.54) is 38.5 Å². The summed E-state index contributed by atoms with van der Waals surface area (Å²) in [5.41, 5.74) is 5.21. The number of ether oxygens (including phenoxy) is 2. The highest BCUT2D eigenvalue weighted by Gasteiger charge is 2.66. The van der Waals surface area contributed by atoms with Gasteiger partial charge in [0.15, 0.2) is 0 Å². The summed E-state index contributed by atoms with van der Waals surface area (Å²) in [6.45, 7) is 6.07. The minimum Gasteiger partial charge on any atom is -0.495 e. The van der Waals surface area contributed by atoms with Gasteiger partial charge in [-0.25, -0.2) is 9.37 Å². The van der Waals surface area contributed by atoms with Crippen molar-refractivity contribution in [1.29, 1.82) is 0 Å². The van der Waals surface area contributed by atoms with Gasteiger partial charge < -0.3 is 31.2 Å². The number of rotatable bonds is 7. The number of pyridine rings is 1.